The molecule has 1 aliphatic rings. The second-order valence-electron chi connectivity index (χ2n) is 5.15. The highest BCUT2D eigenvalue weighted by Gasteiger charge is 2.21. The van der Waals surface area contributed by atoms with Crippen LogP contribution in [0.2, 0.25) is 0 Å². The van der Waals surface area contributed by atoms with Crippen molar-refractivity contribution < 1.29 is 0 Å². The van der Waals surface area contributed by atoms with E-state index in [1.54, 1.807) is 0 Å². The van der Waals surface area contributed by atoms with Crippen LogP contribution in [-0.4, -0.2) is 23.1 Å². The molecule has 0 amide bonds. The first kappa shape index (κ1) is 12.9. The highest BCUT2D eigenvalue weighted by molar-refractivity contribution is 5.68. The maximum absolute atomic E-state index is 4.66. The van der Waals surface area contributed by atoms with Gasteiger partial charge in [-0.3, -0.25) is 0 Å². The Bertz CT molecular complexity index is 609. The number of fused-ring (bicyclic) bond motifs is 1. The Hall–Kier alpha value is -2.10. The average Bonchev–Trinajstić information content (AvgIpc) is 2.88. The topological polar surface area (TPSA) is 41.1 Å². The van der Waals surface area contributed by atoms with Gasteiger partial charge in [0.2, 0.25) is 5.95 Å². The van der Waals surface area contributed by atoms with Crippen LogP contribution >= 0.6 is 0 Å². The number of benzene rings is 1. The lowest BCUT2D eigenvalue weighted by atomic mass is 10.2. The van der Waals surface area contributed by atoms with Crippen molar-refractivity contribution in [3.8, 4) is 0 Å². The highest BCUT2D eigenvalue weighted by Crippen LogP contribution is 2.33. The molecule has 0 atom stereocenters. The predicted molar refractivity (Wildman–Crippen MR) is 82.7 cm³/mol. The fourth-order valence-corrected chi connectivity index (χ4v) is 2.58. The van der Waals surface area contributed by atoms with E-state index in [0.29, 0.717) is 0 Å². The van der Waals surface area contributed by atoms with Crippen molar-refractivity contribution in [1.82, 2.24) is 9.97 Å². The molecule has 0 saturated carbocycles. The summed E-state index contributed by atoms with van der Waals surface area (Å²) < 4.78 is 0. The van der Waals surface area contributed by atoms with E-state index < -0.39 is 0 Å². The first-order chi connectivity index (χ1) is 9.78. The standard InChI is InChI=1S/C16H20N4/c1-3-9-17-16-18-12(2)11-15(19-16)20-10-8-13-6-4-5-7-14(13)20/h4-7,11H,3,8-10H2,1-2H3,(H,17,18,19). The number of rotatable bonds is 4. The summed E-state index contributed by atoms with van der Waals surface area (Å²) in [6.45, 7) is 6.05. The smallest absolute Gasteiger partial charge is 0.224 e. The predicted octanol–water partition coefficient (Wildman–Crippen LogP) is 3.30. The molecule has 1 aliphatic heterocycles. The zero-order chi connectivity index (χ0) is 13.9. The van der Waals surface area contributed by atoms with Gasteiger partial charge in [0.1, 0.15) is 5.82 Å². The summed E-state index contributed by atoms with van der Waals surface area (Å²) in [5, 5.41) is 3.27. The van der Waals surface area contributed by atoms with Crippen LogP contribution in [0.25, 0.3) is 0 Å². The van der Waals surface area contributed by atoms with Crippen LogP contribution in [-0.2, 0) is 6.42 Å². The molecule has 4 heteroatoms. The maximum Gasteiger partial charge on any atom is 0.224 e. The number of aryl methyl sites for hydroxylation is 1. The molecule has 20 heavy (non-hydrogen) atoms. The number of para-hydroxylation sites is 1. The molecule has 2 heterocycles. The molecular formula is C16H20N4. The van der Waals surface area contributed by atoms with Crippen LogP contribution in [0.15, 0.2) is 30.3 Å². The maximum atomic E-state index is 4.66. The van der Waals surface area contributed by atoms with Gasteiger partial charge >= 0.3 is 0 Å². The molecular weight excluding hydrogens is 248 g/mol. The molecule has 1 aromatic carbocycles. The Morgan fingerprint density at radius 2 is 2.10 bits per heavy atom. The zero-order valence-corrected chi connectivity index (χ0v) is 12.1. The molecule has 0 unspecified atom stereocenters. The Morgan fingerprint density at radius 1 is 1.25 bits per heavy atom. The van der Waals surface area contributed by atoms with E-state index >= 15 is 0 Å². The molecule has 3 rings (SSSR count). The Morgan fingerprint density at radius 3 is 2.95 bits per heavy atom. The van der Waals surface area contributed by atoms with Gasteiger partial charge in [-0.1, -0.05) is 25.1 Å². The minimum Gasteiger partial charge on any atom is -0.354 e. The van der Waals surface area contributed by atoms with Gasteiger partial charge in [-0.05, 0) is 31.4 Å². The molecule has 0 radical (unpaired) electrons. The van der Waals surface area contributed by atoms with E-state index in [1.807, 2.05) is 6.92 Å². The van der Waals surface area contributed by atoms with Gasteiger partial charge in [0.15, 0.2) is 0 Å². The minimum absolute atomic E-state index is 0.728. The third kappa shape index (κ3) is 2.46. The third-order valence-corrected chi connectivity index (χ3v) is 3.54. The van der Waals surface area contributed by atoms with E-state index in [4.69, 9.17) is 0 Å². The average molecular weight is 268 g/mol. The lowest BCUT2D eigenvalue weighted by Gasteiger charge is -2.19. The fraction of sp³-hybridized carbons (Fsp3) is 0.375. The second kappa shape index (κ2) is 5.49. The lowest BCUT2D eigenvalue weighted by molar-refractivity contribution is 0.925. The number of anilines is 3. The Balaban J connectivity index is 1.93. The van der Waals surface area contributed by atoms with Crippen LogP contribution in [0.5, 0.6) is 0 Å². The van der Waals surface area contributed by atoms with Crippen LogP contribution < -0.4 is 10.2 Å². The summed E-state index contributed by atoms with van der Waals surface area (Å²) in [5.74, 6) is 1.72. The number of hydrogen-bond donors (Lipinski definition) is 1. The van der Waals surface area contributed by atoms with Crippen molar-refractivity contribution in [2.45, 2.75) is 26.7 Å². The summed E-state index contributed by atoms with van der Waals surface area (Å²) in [5.41, 5.74) is 3.66. The molecule has 1 aromatic heterocycles. The summed E-state index contributed by atoms with van der Waals surface area (Å²) in [6, 6.07) is 10.6. The summed E-state index contributed by atoms with van der Waals surface area (Å²) in [4.78, 5) is 11.4. The quantitative estimate of drug-likeness (QED) is 0.923. The summed E-state index contributed by atoms with van der Waals surface area (Å²) in [7, 11) is 0. The fourth-order valence-electron chi connectivity index (χ4n) is 2.58. The van der Waals surface area contributed by atoms with Gasteiger partial charge in [-0.25, -0.2) is 4.98 Å². The van der Waals surface area contributed by atoms with Crippen molar-refractivity contribution in [2.75, 3.05) is 23.3 Å². The molecule has 0 spiro atoms. The molecule has 104 valence electrons. The number of nitrogens with zero attached hydrogens (tertiary/aromatic N) is 3. The van der Waals surface area contributed by atoms with E-state index in [2.05, 4.69) is 57.4 Å². The van der Waals surface area contributed by atoms with Crippen molar-refractivity contribution in [3.63, 3.8) is 0 Å². The molecule has 0 fully saturated rings. The molecule has 0 aliphatic carbocycles. The van der Waals surface area contributed by atoms with Crippen molar-refractivity contribution in [2.24, 2.45) is 0 Å². The summed E-state index contributed by atoms with van der Waals surface area (Å²) in [6.07, 6.45) is 2.15. The highest BCUT2D eigenvalue weighted by atomic mass is 15.2. The molecule has 0 bridgehead atoms. The molecule has 4 nitrogen and oxygen atoms in total. The third-order valence-electron chi connectivity index (χ3n) is 3.54. The zero-order valence-electron chi connectivity index (χ0n) is 12.1. The summed E-state index contributed by atoms with van der Waals surface area (Å²) >= 11 is 0. The van der Waals surface area contributed by atoms with Crippen molar-refractivity contribution >= 4 is 17.5 Å². The molecule has 0 saturated heterocycles. The van der Waals surface area contributed by atoms with Gasteiger partial charge in [0.05, 0.1) is 0 Å². The van der Waals surface area contributed by atoms with E-state index in [-0.39, 0.29) is 0 Å². The number of hydrogen-bond acceptors (Lipinski definition) is 4. The lowest BCUT2D eigenvalue weighted by Crippen LogP contribution is -2.16. The second-order valence-corrected chi connectivity index (χ2v) is 5.15. The van der Waals surface area contributed by atoms with Crippen LogP contribution in [0.3, 0.4) is 0 Å². The largest absolute Gasteiger partial charge is 0.354 e. The van der Waals surface area contributed by atoms with Crippen LogP contribution in [0.4, 0.5) is 17.5 Å². The van der Waals surface area contributed by atoms with Gasteiger partial charge in [0, 0.05) is 30.5 Å². The van der Waals surface area contributed by atoms with E-state index in [9.17, 15) is 0 Å². The van der Waals surface area contributed by atoms with Gasteiger partial charge < -0.3 is 10.2 Å². The molecule has 1 N–H and O–H groups in total. The van der Waals surface area contributed by atoms with Crippen LogP contribution in [0.1, 0.15) is 24.6 Å². The van der Waals surface area contributed by atoms with E-state index in [1.165, 1.54) is 11.3 Å². The SMILES string of the molecule is CCCNc1nc(C)cc(N2CCc3ccccc32)n1. The number of aromatic nitrogens is 2. The minimum atomic E-state index is 0.728. The van der Waals surface area contributed by atoms with Crippen molar-refractivity contribution in [3.05, 3.63) is 41.6 Å². The van der Waals surface area contributed by atoms with Gasteiger partial charge in [-0.15, -0.1) is 0 Å². The normalized spacial score (nSPS) is 13.4. The molecule has 2 aromatic rings. The van der Waals surface area contributed by atoms with Crippen molar-refractivity contribution in [1.29, 1.82) is 0 Å². The number of nitrogens with one attached hydrogen (secondary N) is 1. The Labute approximate surface area is 119 Å². The van der Waals surface area contributed by atoms with E-state index in [0.717, 1.165) is 43.4 Å². The monoisotopic (exact) mass is 268 g/mol. The first-order valence-electron chi connectivity index (χ1n) is 7.23. The van der Waals surface area contributed by atoms with Crippen LogP contribution in [0, 0.1) is 6.92 Å². The van der Waals surface area contributed by atoms with Gasteiger partial charge in [-0.2, -0.15) is 4.98 Å². The Kier molecular flexibility index (Phi) is 3.54. The first-order valence-corrected chi connectivity index (χ1v) is 7.23. The van der Waals surface area contributed by atoms with Gasteiger partial charge in [0.25, 0.3) is 0 Å².